The largest absolute Gasteiger partial charge is 0.362 e. The van der Waals surface area contributed by atoms with E-state index in [1.807, 2.05) is 0 Å². The average molecular weight is 315 g/mol. The number of anilines is 1. The van der Waals surface area contributed by atoms with Gasteiger partial charge in [-0.3, -0.25) is 10.1 Å². The molecule has 0 radical (unpaired) electrons. The molecule has 0 saturated heterocycles. The molecule has 1 aromatic rings. The van der Waals surface area contributed by atoms with Crippen molar-refractivity contribution in [2.75, 3.05) is 11.9 Å². The van der Waals surface area contributed by atoms with Gasteiger partial charge in [0.05, 0.1) is 14.9 Å². The number of halogens is 1. The molecule has 0 bridgehead atoms. The fraction of sp³-hybridized carbons (Fsp3) is 0.545. The van der Waals surface area contributed by atoms with Crippen molar-refractivity contribution < 1.29 is 4.92 Å². The van der Waals surface area contributed by atoms with Gasteiger partial charge in [-0.2, -0.15) is 0 Å². The van der Waals surface area contributed by atoms with Crippen LogP contribution in [0.15, 0.2) is 16.7 Å². The Morgan fingerprint density at radius 2 is 2.39 bits per heavy atom. The summed E-state index contributed by atoms with van der Waals surface area (Å²) >= 11 is 3.30. The van der Waals surface area contributed by atoms with Gasteiger partial charge in [0, 0.05) is 12.6 Å². The second-order valence-corrected chi connectivity index (χ2v) is 5.66. The van der Waals surface area contributed by atoms with E-state index in [1.54, 1.807) is 0 Å². The minimum absolute atomic E-state index is 0.0340. The first-order valence-corrected chi connectivity index (χ1v) is 6.54. The van der Waals surface area contributed by atoms with Gasteiger partial charge in [-0.25, -0.2) is 4.98 Å². The second kappa shape index (κ2) is 4.81. The summed E-state index contributed by atoms with van der Waals surface area (Å²) in [6, 6.07) is 1.44. The van der Waals surface area contributed by atoms with E-state index < -0.39 is 4.92 Å². The van der Waals surface area contributed by atoms with Crippen molar-refractivity contribution in [2.45, 2.75) is 25.3 Å². The minimum Gasteiger partial charge on any atom is -0.362 e. The third kappa shape index (κ3) is 2.62. The maximum atomic E-state index is 10.6. The zero-order valence-corrected chi connectivity index (χ0v) is 11.6. The van der Waals surface area contributed by atoms with E-state index in [4.69, 9.17) is 5.73 Å². The Hall–Kier alpha value is -1.21. The Morgan fingerprint density at radius 1 is 1.72 bits per heavy atom. The zero-order chi connectivity index (χ0) is 13.3. The number of nitrogens with one attached hydrogen (secondary N) is 1. The van der Waals surface area contributed by atoms with Crippen LogP contribution in [0.1, 0.15) is 19.8 Å². The van der Waals surface area contributed by atoms with Crippen LogP contribution in [0.2, 0.25) is 0 Å². The number of pyridine rings is 1. The molecule has 3 N–H and O–H groups in total. The molecular weight excluding hydrogens is 300 g/mol. The average Bonchev–Trinajstić information content (AvgIpc) is 3.15. The first-order valence-electron chi connectivity index (χ1n) is 5.74. The van der Waals surface area contributed by atoms with Crippen LogP contribution in [-0.4, -0.2) is 22.0 Å². The predicted octanol–water partition coefficient (Wildman–Crippen LogP) is 2.29. The van der Waals surface area contributed by atoms with Crippen LogP contribution in [0.5, 0.6) is 0 Å². The summed E-state index contributed by atoms with van der Waals surface area (Å²) in [6.07, 6.45) is 3.56. The molecule has 2 rings (SSSR count). The lowest BCUT2D eigenvalue weighted by Crippen LogP contribution is -2.45. The number of hydrogen-bond acceptors (Lipinski definition) is 5. The van der Waals surface area contributed by atoms with Crippen LogP contribution >= 0.6 is 15.9 Å². The van der Waals surface area contributed by atoms with Crippen LogP contribution in [0.3, 0.4) is 0 Å². The Morgan fingerprint density at radius 3 is 2.83 bits per heavy atom. The van der Waals surface area contributed by atoms with Crippen molar-refractivity contribution >= 4 is 27.4 Å². The molecule has 1 atom stereocenters. The lowest BCUT2D eigenvalue weighted by Gasteiger charge is -2.30. The summed E-state index contributed by atoms with van der Waals surface area (Å²) in [6.45, 7) is 2.56. The molecule has 98 valence electrons. The van der Waals surface area contributed by atoms with Gasteiger partial charge in [-0.05, 0) is 41.6 Å². The van der Waals surface area contributed by atoms with E-state index in [1.165, 1.54) is 12.3 Å². The van der Waals surface area contributed by atoms with Crippen LogP contribution in [0.25, 0.3) is 0 Å². The van der Waals surface area contributed by atoms with Crippen molar-refractivity contribution in [3.05, 3.63) is 26.9 Å². The van der Waals surface area contributed by atoms with Gasteiger partial charge in [0.15, 0.2) is 0 Å². The number of nitrogens with zero attached hydrogens (tertiary/aromatic N) is 2. The number of aromatic nitrogens is 1. The molecule has 18 heavy (non-hydrogen) atoms. The highest BCUT2D eigenvalue weighted by atomic mass is 79.9. The van der Waals surface area contributed by atoms with Gasteiger partial charge in [-0.1, -0.05) is 0 Å². The number of hydrogen-bond donors (Lipinski definition) is 2. The van der Waals surface area contributed by atoms with Gasteiger partial charge in [0.1, 0.15) is 12.0 Å². The van der Waals surface area contributed by atoms with Crippen molar-refractivity contribution in [3.63, 3.8) is 0 Å². The highest BCUT2D eigenvalue weighted by Crippen LogP contribution is 2.41. The molecule has 1 unspecified atom stereocenters. The highest BCUT2D eigenvalue weighted by molar-refractivity contribution is 9.10. The van der Waals surface area contributed by atoms with E-state index in [2.05, 4.69) is 33.2 Å². The molecule has 1 heterocycles. The van der Waals surface area contributed by atoms with Crippen molar-refractivity contribution in [3.8, 4) is 0 Å². The molecule has 0 aromatic carbocycles. The summed E-state index contributed by atoms with van der Waals surface area (Å²) < 4.78 is 0.581. The van der Waals surface area contributed by atoms with Gasteiger partial charge < -0.3 is 11.1 Å². The van der Waals surface area contributed by atoms with E-state index in [0.29, 0.717) is 22.8 Å². The van der Waals surface area contributed by atoms with E-state index >= 15 is 0 Å². The smallest absolute Gasteiger partial charge is 0.288 e. The van der Waals surface area contributed by atoms with Crippen LogP contribution in [0.4, 0.5) is 11.5 Å². The van der Waals surface area contributed by atoms with Crippen LogP contribution in [0, 0.1) is 16.0 Å². The van der Waals surface area contributed by atoms with E-state index in [-0.39, 0.29) is 11.2 Å². The first-order chi connectivity index (χ1) is 8.46. The molecule has 1 saturated carbocycles. The lowest BCUT2D eigenvalue weighted by atomic mass is 9.96. The van der Waals surface area contributed by atoms with E-state index in [0.717, 1.165) is 12.8 Å². The minimum atomic E-state index is -0.468. The van der Waals surface area contributed by atoms with Gasteiger partial charge in [-0.15, -0.1) is 0 Å². The number of nitrogens with two attached hydrogens (primary N) is 1. The maximum absolute atomic E-state index is 10.6. The molecule has 0 aliphatic heterocycles. The van der Waals surface area contributed by atoms with Crippen LogP contribution < -0.4 is 11.1 Å². The predicted molar refractivity (Wildman–Crippen MR) is 72.4 cm³/mol. The molecule has 1 fully saturated rings. The van der Waals surface area contributed by atoms with Crippen LogP contribution in [-0.2, 0) is 0 Å². The molecule has 6 nitrogen and oxygen atoms in total. The first kappa shape index (κ1) is 13.2. The monoisotopic (exact) mass is 314 g/mol. The summed E-state index contributed by atoms with van der Waals surface area (Å²) in [4.78, 5) is 14.2. The fourth-order valence-electron chi connectivity index (χ4n) is 1.93. The standard InChI is InChI=1S/C11H15BrN4O2/c1-11(6-13,7-2-3-7)15-10-9(12)4-8(5-14-10)16(17)18/h4-5,7H,2-3,6,13H2,1H3,(H,14,15). The third-order valence-electron chi connectivity index (χ3n) is 3.34. The lowest BCUT2D eigenvalue weighted by molar-refractivity contribution is -0.385. The fourth-order valence-corrected chi connectivity index (χ4v) is 2.37. The Bertz CT molecular complexity index is 478. The Kier molecular flexibility index (Phi) is 3.54. The zero-order valence-electron chi connectivity index (χ0n) is 10.0. The van der Waals surface area contributed by atoms with Crippen molar-refractivity contribution in [1.29, 1.82) is 0 Å². The number of nitro groups is 1. The molecule has 0 amide bonds. The molecular formula is C11H15BrN4O2. The van der Waals surface area contributed by atoms with Crippen molar-refractivity contribution in [2.24, 2.45) is 11.7 Å². The molecule has 7 heteroatoms. The Labute approximate surface area is 113 Å². The molecule has 1 aliphatic rings. The normalized spacial score (nSPS) is 18.2. The Balaban J connectivity index is 2.21. The molecule has 1 aliphatic carbocycles. The van der Waals surface area contributed by atoms with E-state index in [9.17, 15) is 10.1 Å². The summed E-state index contributed by atoms with van der Waals surface area (Å²) in [5.74, 6) is 1.15. The quantitative estimate of drug-likeness (QED) is 0.642. The van der Waals surface area contributed by atoms with Gasteiger partial charge in [0.2, 0.25) is 0 Å². The van der Waals surface area contributed by atoms with Gasteiger partial charge >= 0.3 is 0 Å². The summed E-state index contributed by atoms with van der Waals surface area (Å²) in [7, 11) is 0. The van der Waals surface area contributed by atoms with Gasteiger partial charge in [0.25, 0.3) is 5.69 Å². The molecule has 1 aromatic heterocycles. The third-order valence-corrected chi connectivity index (χ3v) is 3.95. The topological polar surface area (TPSA) is 94.1 Å². The highest BCUT2D eigenvalue weighted by Gasteiger charge is 2.41. The summed E-state index contributed by atoms with van der Waals surface area (Å²) in [5.41, 5.74) is 5.57. The number of rotatable bonds is 5. The second-order valence-electron chi connectivity index (χ2n) is 4.80. The SMILES string of the molecule is CC(CN)(Nc1ncc([N+](=O)[O-])cc1Br)C1CC1. The maximum Gasteiger partial charge on any atom is 0.288 e. The summed E-state index contributed by atoms with van der Waals surface area (Å²) in [5, 5.41) is 13.9. The van der Waals surface area contributed by atoms with Crippen molar-refractivity contribution in [1.82, 2.24) is 4.98 Å². The molecule has 0 spiro atoms.